The number of aliphatic hydroxyl groups is 1. The lowest BCUT2D eigenvalue weighted by atomic mass is 10.1. The first-order chi connectivity index (χ1) is 10.3. The Kier molecular flexibility index (Phi) is 6.79. The van der Waals surface area contributed by atoms with Crippen molar-refractivity contribution in [1.29, 1.82) is 0 Å². The number of ether oxygens (including phenoxy) is 1. The molecule has 0 bridgehead atoms. The van der Waals surface area contributed by atoms with Gasteiger partial charge in [0.1, 0.15) is 5.75 Å². The van der Waals surface area contributed by atoms with Crippen LogP contribution in [0.4, 0.5) is 5.69 Å². The molecular formula is C16H27N3O2. The van der Waals surface area contributed by atoms with E-state index in [1.807, 2.05) is 6.92 Å². The average molecular weight is 293 g/mol. The molecule has 1 saturated heterocycles. The van der Waals surface area contributed by atoms with Gasteiger partial charge in [-0.05, 0) is 37.6 Å². The van der Waals surface area contributed by atoms with Crippen molar-refractivity contribution >= 4 is 5.69 Å². The Morgan fingerprint density at radius 3 is 2.86 bits per heavy atom. The molecule has 3 N–H and O–H groups in total. The average Bonchev–Trinajstić information content (AvgIpc) is 2.53. The van der Waals surface area contributed by atoms with Crippen molar-refractivity contribution < 1.29 is 9.84 Å². The summed E-state index contributed by atoms with van der Waals surface area (Å²) in [6.45, 7) is 8.67. The highest BCUT2D eigenvalue weighted by Crippen LogP contribution is 2.30. The summed E-state index contributed by atoms with van der Waals surface area (Å²) < 4.78 is 5.83. The predicted molar refractivity (Wildman–Crippen MR) is 86.1 cm³/mol. The molecule has 5 nitrogen and oxygen atoms in total. The Morgan fingerprint density at radius 1 is 1.33 bits per heavy atom. The molecule has 118 valence electrons. The van der Waals surface area contributed by atoms with Crippen LogP contribution in [0.3, 0.4) is 0 Å². The van der Waals surface area contributed by atoms with E-state index < -0.39 is 0 Å². The van der Waals surface area contributed by atoms with E-state index in [0.29, 0.717) is 6.61 Å². The van der Waals surface area contributed by atoms with Gasteiger partial charge in [-0.15, -0.1) is 0 Å². The largest absolute Gasteiger partial charge is 0.492 e. The highest BCUT2D eigenvalue weighted by Gasteiger charge is 2.15. The SMILES string of the molecule is CCOc1cc(CNCCCO)ccc1N1CCNCC1. The molecule has 0 radical (unpaired) electrons. The lowest BCUT2D eigenvalue weighted by Gasteiger charge is -2.31. The van der Waals surface area contributed by atoms with Crippen LogP contribution in [-0.4, -0.2) is 51.0 Å². The van der Waals surface area contributed by atoms with Gasteiger partial charge in [0.05, 0.1) is 12.3 Å². The maximum Gasteiger partial charge on any atom is 0.142 e. The summed E-state index contributed by atoms with van der Waals surface area (Å²) in [4.78, 5) is 2.38. The first-order valence-corrected chi connectivity index (χ1v) is 7.88. The van der Waals surface area contributed by atoms with Gasteiger partial charge in [0, 0.05) is 39.3 Å². The maximum atomic E-state index is 8.79. The number of nitrogens with one attached hydrogen (secondary N) is 2. The van der Waals surface area contributed by atoms with Crippen molar-refractivity contribution in [1.82, 2.24) is 10.6 Å². The summed E-state index contributed by atoms with van der Waals surface area (Å²) in [5.41, 5.74) is 2.41. The molecule has 21 heavy (non-hydrogen) atoms. The summed E-state index contributed by atoms with van der Waals surface area (Å²) in [5, 5.41) is 15.5. The second kappa shape index (κ2) is 8.87. The topological polar surface area (TPSA) is 56.8 Å². The third kappa shape index (κ3) is 4.88. The summed E-state index contributed by atoms with van der Waals surface area (Å²) >= 11 is 0. The van der Waals surface area contributed by atoms with Crippen LogP contribution in [0.2, 0.25) is 0 Å². The van der Waals surface area contributed by atoms with Crippen LogP contribution in [0.1, 0.15) is 18.9 Å². The van der Waals surface area contributed by atoms with Gasteiger partial charge in [-0.2, -0.15) is 0 Å². The van der Waals surface area contributed by atoms with Crippen LogP contribution in [-0.2, 0) is 6.54 Å². The van der Waals surface area contributed by atoms with Gasteiger partial charge in [0.15, 0.2) is 0 Å². The van der Waals surface area contributed by atoms with Gasteiger partial charge in [0.2, 0.25) is 0 Å². The van der Waals surface area contributed by atoms with Crippen molar-refractivity contribution in [3.63, 3.8) is 0 Å². The van der Waals surface area contributed by atoms with Gasteiger partial charge in [-0.25, -0.2) is 0 Å². The van der Waals surface area contributed by atoms with E-state index in [9.17, 15) is 0 Å². The molecule has 1 aromatic rings. The molecule has 1 heterocycles. The number of anilines is 1. The monoisotopic (exact) mass is 293 g/mol. The Hall–Kier alpha value is -1.30. The first-order valence-electron chi connectivity index (χ1n) is 7.88. The van der Waals surface area contributed by atoms with Crippen molar-refractivity contribution in [2.45, 2.75) is 19.9 Å². The minimum atomic E-state index is 0.235. The number of hydrogen-bond acceptors (Lipinski definition) is 5. The summed E-state index contributed by atoms with van der Waals surface area (Å²) in [6.07, 6.45) is 0.789. The second-order valence-corrected chi connectivity index (χ2v) is 5.23. The van der Waals surface area contributed by atoms with Gasteiger partial charge in [0.25, 0.3) is 0 Å². The van der Waals surface area contributed by atoms with E-state index in [1.165, 1.54) is 11.3 Å². The third-order valence-corrected chi connectivity index (χ3v) is 3.62. The normalized spacial score (nSPS) is 15.2. The van der Waals surface area contributed by atoms with Crippen molar-refractivity contribution in [2.24, 2.45) is 0 Å². The van der Waals surface area contributed by atoms with Crippen LogP contribution >= 0.6 is 0 Å². The fourth-order valence-corrected chi connectivity index (χ4v) is 2.54. The molecule has 1 aromatic carbocycles. The standard InChI is InChI=1S/C16H27N3O2/c1-2-21-16-12-14(13-18-6-3-11-20)4-5-15(16)19-9-7-17-8-10-19/h4-5,12,17-18,20H,2-3,6-11,13H2,1H3. The second-order valence-electron chi connectivity index (χ2n) is 5.23. The zero-order chi connectivity index (χ0) is 14.9. The molecule has 1 fully saturated rings. The third-order valence-electron chi connectivity index (χ3n) is 3.62. The number of hydrogen-bond donors (Lipinski definition) is 3. The Morgan fingerprint density at radius 2 is 2.14 bits per heavy atom. The molecule has 0 spiro atoms. The molecule has 0 atom stereocenters. The van der Waals surface area contributed by atoms with Crippen LogP contribution in [0.25, 0.3) is 0 Å². The summed E-state index contributed by atoms with van der Waals surface area (Å²) in [7, 11) is 0. The molecule has 1 aliphatic rings. The number of benzene rings is 1. The van der Waals surface area contributed by atoms with Crippen LogP contribution in [0.15, 0.2) is 18.2 Å². The van der Waals surface area contributed by atoms with Gasteiger partial charge < -0.3 is 25.4 Å². The molecule has 0 amide bonds. The molecular weight excluding hydrogens is 266 g/mol. The minimum absolute atomic E-state index is 0.235. The fourth-order valence-electron chi connectivity index (χ4n) is 2.54. The predicted octanol–water partition coefficient (Wildman–Crippen LogP) is 0.967. The smallest absolute Gasteiger partial charge is 0.142 e. The van der Waals surface area contributed by atoms with E-state index >= 15 is 0 Å². The lowest BCUT2D eigenvalue weighted by Crippen LogP contribution is -2.43. The first kappa shape index (κ1) is 16.1. The van der Waals surface area contributed by atoms with Crippen molar-refractivity contribution in [2.75, 3.05) is 50.8 Å². The molecule has 0 aliphatic carbocycles. The lowest BCUT2D eigenvalue weighted by molar-refractivity contribution is 0.286. The number of aliphatic hydroxyl groups excluding tert-OH is 1. The summed E-state index contributed by atoms with van der Waals surface area (Å²) in [6, 6.07) is 6.46. The fraction of sp³-hybridized carbons (Fsp3) is 0.625. The molecule has 0 unspecified atom stereocenters. The molecule has 2 rings (SSSR count). The molecule has 0 saturated carbocycles. The Bertz CT molecular complexity index is 420. The molecule has 5 heteroatoms. The molecule has 0 aromatic heterocycles. The zero-order valence-corrected chi connectivity index (χ0v) is 12.9. The van der Waals surface area contributed by atoms with Crippen LogP contribution in [0.5, 0.6) is 5.75 Å². The van der Waals surface area contributed by atoms with Gasteiger partial charge in [-0.1, -0.05) is 6.07 Å². The van der Waals surface area contributed by atoms with Gasteiger partial charge in [-0.3, -0.25) is 0 Å². The zero-order valence-electron chi connectivity index (χ0n) is 12.9. The minimum Gasteiger partial charge on any atom is -0.492 e. The number of rotatable bonds is 8. The van der Waals surface area contributed by atoms with E-state index in [-0.39, 0.29) is 6.61 Å². The van der Waals surface area contributed by atoms with E-state index in [0.717, 1.165) is 51.4 Å². The van der Waals surface area contributed by atoms with Crippen molar-refractivity contribution in [3.8, 4) is 5.75 Å². The highest BCUT2D eigenvalue weighted by molar-refractivity contribution is 5.60. The van der Waals surface area contributed by atoms with Crippen LogP contribution < -0.4 is 20.3 Å². The van der Waals surface area contributed by atoms with E-state index in [2.05, 4.69) is 33.7 Å². The quantitative estimate of drug-likeness (QED) is 0.624. The Balaban J connectivity index is 2.03. The van der Waals surface area contributed by atoms with E-state index in [1.54, 1.807) is 0 Å². The number of piperazine rings is 1. The summed E-state index contributed by atoms with van der Waals surface area (Å²) in [5.74, 6) is 0.973. The van der Waals surface area contributed by atoms with E-state index in [4.69, 9.17) is 9.84 Å². The maximum absolute atomic E-state index is 8.79. The number of nitrogens with zero attached hydrogens (tertiary/aromatic N) is 1. The van der Waals surface area contributed by atoms with Crippen LogP contribution in [0, 0.1) is 0 Å². The molecule has 1 aliphatic heterocycles. The highest BCUT2D eigenvalue weighted by atomic mass is 16.5. The van der Waals surface area contributed by atoms with Gasteiger partial charge >= 0.3 is 0 Å². The van der Waals surface area contributed by atoms with Crippen molar-refractivity contribution in [3.05, 3.63) is 23.8 Å². The Labute approximate surface area is 127 Å².